The van der Waals surface area contributed by atoms with Crippen LogP contribution in [0.3, 0.4) is 0 Å². The van der Waals surface area contributed by atoms with Crippen molar-refractivity contribution < 1.29 is 9.53 Å². The molecule has 0 amide bonds. The Balaban J connectivity index is 2.03. The van der Waals surface area contributed by atoms with Gasteiger partial charge < -0.3 is 4.74 Å². The van der Waals surface area contributed by atoms with E-state index in [1.165, 1.54) is 0 Å². The molecule has 1 heterocycles. The predicted molar refractivity (Wildman–Crippen MR) is 39.1 cm³/mol. The van der Waals surface area contributed by atoms with Gasteiger partial charge in [-0.15, -0.1) is 0 Å². The maximum absolute atomic E-state index is 11.6. The number of hydrogen-bond acceptors (Lipinski definition) is 2. The Morgan fingerprint density at radius 2 is 2.45 bits per heavy atom. The minimum Gasteiger partial charge on any atom is -0.367 e. The Bertz CT molecular complexity index is 236. The summed E-state index contributed by atoms with van der Waals surface area (Å²) in [6.07, 6.45) is 2.15. The third-order valence-corrected chi connectivity index (χ3v) is 3.57. The monoisotopic (exact) mass is 152 g/mol. The SMILES string of the molecule is CC12CC(CO1)C1CC1C2=O. The first-order valence-electron chi connectivity index (χ1n) is 4.39. The molecule has 0 spiro atoms. The minimum atomic E-state index is -0.373. The smallest absolute Gasteiger partial charge is 0.167 e. The Labute approximate surface area is 65.9 Å². The molecule has 0 aromatic heterocycles. The number of Topliss-reactive ketones (excluding diaryl/α,β-unsaturated/α-hetero) is 1. The van der Waals surface area contributed by atoms with E-state index in [1.807, 2.05) is 6.92 Å². The fraction of sp³-hybridized carbons (Fsp3) is 0.889. The van der Waals surface area contributed by atoms with E-state index >= 15 is 0 Å². The van der Waals surface area contributed by atoms with Crippen LogP contribution in [0.1, 0.15) is 19.8 Å². The average Bonchev–Trinajstić information content (AvgIpc) is 2.69. The van der Waals surface area contributed by atoms with Gasteiger partial charge in [-0.3, -0.25) is 4.79 Å². The molecule has 11 heavy (non-hydrogen) atoms. The van der Waals surface area contributed by atoms with Gasteiger partial charge in [0.25, 0.3) is 0 Å². The van der Waals surface area contributed by atoms with Crippen LogP contribution < -0.4 is 0 Å². The molecular formula is C9H12O2. The van der Waals surface area contributed by atoms with E-state index in [-0.39, 0.29) is 5.60 Å². The molecule has 0 N–H and O–H groups in total. The lowest BCUT2D eigenvalue weighted by atomic mass is 9.81. The van der Waals surface area contributed by atoms with Crippen molar-refractivity contribution >= 4 is 5.78 Å². The molecule has 1 aliphatic heterocycles. The summed E-state index contributed by atoms with van der Waals surface area (Å²) in [5, 5.41) is 0. The molecule has 60 valence electrons. The summed E-state index contributed by atoms with van der Waals surface area (Å²) < 4.78 is 5.53. The van der Waals surface area contributed by atoms with Gasteiger partial charge in [0, 0.05) is 5.92 Å². The van der Waals surface area contributed by atoms with Crippen LogP contribution >= 0.6 is 0 Å². The number of ketones is 1. The van der Waals surface area contributed by atoms with Crippen LogP contribution in [0.25, 0.3) is 0 Å². The number of carbonyl (C=O) groups is 1. The molecule has 0 radical (unpaired) electrons. The van der Waals surface area contributed by atoms with Crippen LogP contribution in [0, 0.1) is 17.8 Å². The van der Waals surface area contributed by atoms with Gasteiger partial charge in [0.15, 0.2) is 5.78 Å². The molecule has 3 fully saturated rings. The lowest BCUT2D eigenvalue weighted by molar-refractivity contribution is -0.138. The third kappa shape index (κ3) is 0.598. The van der Waals surface area contributed by atoms with Gasteiger partial charge in [0.1, 0.15) is 5.60 Å². The average molecular weight is 152 g/mol. The van der Waals surface area contributed by atoms with Crippen LogP contribution in [0.15, 0.2) is 0 Å². The quantitative estimate of drug-likeness (QED) is 0.517. The van der Waals surface area contributed by atoms with Gasteiger partial charge in [-0.2, -0.15) is 0 Å². The Morgan fingerprint density at radius 1 is 1.64 bits per heavy atom. The lowest BCUT2D eigenvalue weighted by Gasteiger charge is -2.24. The molecule has 2 nitrogen and oxygen atoms in total. The van der Waals surface area contributed by atoms with E-state index < -0.39 is 0 Å². The molecule has 3 rings (SSSR count). The largest absolute Gasteiger partial charge is 0.367 e. The number of fused-ring (bicyclic) bond motifs is 4. The van der Waals surface area contributed by atoms with Crippen molar-refractivity contribution in [3.05, 3.63) is 0 Å². The molecule has 1 saturated heterocycles. The van der Waals surface area contributed by atoms with Gasteiger partial charge >= 0.3 is 0 Å². The van der Waals surface area contributed by atoms with Crippen LogP contribution in [0.2, 0.25) is 0 Å². The number of rotatable bonds is 0. The van der Waals surface area contributed by atoms with Crippen molar-refractivity contribution in [2.75, 3.05) is 6.61 Å². The summed E-state index contributed by atoms with van der Waals surface area (Å²) >= 11 is 0. The molecule has 0 aromatic carbocycles. The highest BCUT2D eigenvalue weighted by Gasteiger charge is 2.62. The van der Waals surface area contributed by atoms with Gasteiger partial charge in [-0.25, -0.2) is 0 Å². The first-order chi connectivity index (χ1) is 5.21. The van der Waals surface area contributed by atoms with E-state index in [0.29, 0.717) is 23.5 Å². The van der Waals surface area contributed by atoms with Crippen LogP contribution in [-0.4, -0.2) is 18.0 Å². The van der Waals surface area contributed by atoms with Crippen molar-refractivity contribution in [2.45, 2.75) is 25.4 Å². The number of hydrogen-bond donors (Lipinski definition) is 0. The Hall–Kier alpha value is -0.370. The maximum Gasteiger partial charge on any atom is 0.167 e. The topological polar surface area (TPSA) is 26.3 Å². The van der Waals surface area contributed by atoms with Crippen LogP contribution in [0.5, 0.6) is 0 Å². The molecule has 4 atom stereocenters. The molecular weight excluding hydrogens is 140 g/mol. The zero-order valence-corrected chi connectivity index (χ0v) is 6.67. The first-order valence-corrected chi connectivity index (χ1v) is 4.39. The standard InChI is InChI=1S/C9H12O2/c1-9-3-5(4-11-9)6-2-7(6)8(9)10/h5-7H,2-4H2,1H3. The maximum atomic E-state index is 11.6. The summed E-state index contributed by atoms with van der Waals surface area (Å²) in [4.78, 5) is 11.6. The fourth-order valence-electron chi connectivity index (χ4n) is 2.79. The van der Waals surface area contributed by atoms with Crippen molar-refractivity contribution in [1.29, 1.82) is 0 Å². The van der Waals surface area contributed by atoms with Gasteiger partial charge in [0.2, 0.25) is 0 Å². The molecule has 2 saturated carbocycles. The molecule has 2 aliphatic carbocycles. The van der Waals surface area contributed by atoms with Crippen molar-refractivity contribution in [3.8, 4) is 0 Å². The summed E-state index contributed by atoms with van der Waals surface area (Å²) in [6, 6.07) is 0. The highest BCUT2D eigenvalue weighted by molar-refractivity contribution is 5.93. The zero-order chi connectivity index (χ0) is 7.64. The predicted octanol–water partition coefficient (Wildman–Crippen LogP) is 1.00. The molecule has 0 aromatic rings. The van der Waals surface area contributed by atoms with Crippen molar-refractivity contribution in [1.82, 2.24) is 0 Å². The van der Waals surface area contributed by atoms with Crippen molar-refractivity contribution in [3.63, 3.8) is 0 Å². The second kappa shape index (κ2) is 1.53. The lowest BCUT2D eigenvalue weighted by Crippen LogP contribution is -2.38. The second-order valence-electron chi connectivity index (χ2n) is 4.38. The highest BCUT2D eigenvalue weighted by atomic mass is 16.5. The summed E-state index contributed by atoms with van der Waals surface area (Å²) in [6.45, 7) is 2.80. The van der Waals surface area contributed by atoms with Gasteiger partial charge in [0.05, 0.1) is 6.61 Å². The Kier molecular flexibility index (Phi) is 0.861. The van der Waals surface area contributed by atoms with E-state index in [0.717, 1.165) is 19.4 Å². The summed E-state index contributed by atoms with van der Waals surface area (Å²) in [7, 11) is 0. The normalized spacial score (nSPS) is 59.4. The number of ether oxygens (including phenoxy) is 1. The minimum absolute atomic E-state index is 0.373. The molecule has 4 unspecified atom stereocenters. The van der Waals surface area contributed by atoms with E-state index in [4.69, 9.17) is 4.74 Å². The van der Waals surface area contributed by atoms with Crippen LogP contribution in [-0.2, 0) is 9.53 Å². The molecule has 2 heteroatoms. The van der Waals surface area contributed by atoms with E-state index in [2.05, 4.69) is 0 Å². The van der Waals surface area contributed by atoms with E-state index in [1.54, 1.807) is 0 Å². The summed E-state index contributed by atoms with van der Waals surface area (Å²) in [5.74, 6) is 2.19. The van der Waals surface area contributed by atoms with Crippen LogP contribution in [0.4, 0.5) is 0 Å². The van der Waals surface area contributed by atoms with Gasteiger partial charge in [-0.05, 0) is 31.6 Å². The molecule has 2 bridgehead atoms. The number of carbonyl (C=O) groups excluding carboxylic acids is 1. The fourth-order valence-corrected chi connectivity index (χ4v) is 2.79. The highest BCUT2D eigenvalue weighted by Crippen LogP contribution is 2.57. The summed E-state index contributed by atoms with van der Waals surface area (Å²) in [5.41, 5.74) is -0.373. The Morgan fingerprint density at radius 3 is 3.27 bits per heavy atom. The molecule has 3 aliphatic rings. The second-order valence-corrected chi connectivity index (χ2v) is 4.38. The zero-order valence-electron chi connectivity index (χ0n) is 6.67. The third-order valence-electron chi connectivity index (χ3n) is 3.57. The van der Waals surface area contributed by atoms with Gasteiger partial charge in [-0.1, -0.05) is 0 Å². The van der Waals surface area contributed by atoms with E-state index in [9.17, 15) is 4.79 Å². The first kappa shape index (κ1) is 6.18. The van der Waals surface area contributed by atoms with Crippen molar-refractivity contribution in [2.24, 2.45) is 17.8 Å².